The molecule has 0 aliphatic carbocycles. The normalized spacial score (nSPS) is 23.8. The van der Waals surface area contributed by atoms with E-state index in [2.05, 4.69) is 43.9 Å². The number of ether oxygens (including phenoxy) is 2. The maximum Gasteiger partial charge on any atom is 0.119 e. The maximum absolute atomic E-state index is 5.84. The van der Waals surface area contributed by atoms with Gasteiger partial charge in [0.25, 0.3) is 0 Å². The molecule has 20 heavy (non-hydrogen) atoms. The predicted octanol–water partition coefficient (Wildman–Crippen LogP) is 3.13. The Labute approximate surface area is 122 Å². The Balaban J connectivity index is 1.68. The SMILES string of the molecule is CCc1cccc(OCCCN2C[C@@H](C)O[C@@H](C)C2)c1. The third kappa shape index (κ3) is 4.80. The van der Waals surface area contributed by atoms with Gasteiger partial charge >= 0.3 is 0 Å². The molecule has 3 nitrogen and oxygen atoms in total. The number of hydrogen-bond donors (Lipinski definition) is 0. The molecule has 2 atom stereocenters. The summed E-state index contributed by atoms with van der Waals surface area (Å²) in [6, 6.07) is 8.39. The van der Waals surface area contributed by atoms with Crippen LogP contribution in [0.4, 0.5) is 0 Å². The second kappa shape index (κ2) is 7.65. The van der Waals surface area contributed by atoms with Gasteiger partial charge in [-0.15, -0.1) is 0 Å². The van der Waals surface area contributed by atoms with Crippen molar-refractivity contribution >= 4 is 0 Å². The zero-order chi connectivity index (χ0) is 14.4. The average molecular weight is 277 g/mol. The van der Waals surface area contributed by atoms with Gasteiger partial charge in [-0.05, 0) is 44.4 Å². The van der Waals surface area contributed by atoms with Crippen molar-refractivity contribution in [2.75, 3.05) is 26.2 Å². The zero-order valence-corrected chi connectivity index (χ0v) is 13.0. The molecule has 0 bridgehead atoms. The molecular formula is C17H27NO2. The minimum atomic E-state index is 0.348. The van der Waals surface area contributed by atoms with Crippen molar-refractivity contribution in [2.24, 2.45) is 0 Å². The van der Waals surface area contributed by atoms with E-state index in [9.17, 15) is 0 Å². The highest BCUT2D eigenvalue weighted by atomic mass is 16.5. The van der Waals surface area contributed by atoms with Gasteiger partial charge in [0.1, 0.15) is 5.75 Å². The first-order chi connectivity index (χ1) is 9.67. The van der Waals surface area contributed by atoms with E-state index in [0.717, 1.165) is 44.8 Å². The molecule has 0 aromatic heterocycles. The molecule has 2 rings (SSSR count). The lowest BCUT2D eigenvalue weighted by molar-refractivity contribution is -0.0686. The molecule has 1 heterocycles. The van der Waals surface area contributed by atoms with Crippen LogP contribution in [-0.2, 0) is 11.2 Å². The Morgan fingerprint density at radius 1 is 1.25 bits per heavy atom. The first kappa shape index (κ1) is 15.3. The number of hydrogen-bond acceptors (Lipinski definition) is 3. The molecule has 1 aromatic carbocycles. The molecule has 0 radical (unpaired) electrons. The molecule has 0 saturated carbocycles. The number of morpholine rings is 1. The van der Waals surface area contributed by atoms with Crippen molar-refractivity contribution in [2.45, 2.75) is 45.8 Å². The third-order valence-electron chi connectivity index (χ3n) is 3.69. The van der Waals surface area contributed by atoms with Gasteiger partial charge in [-0.3, -0.25) is 4.90 Å². The average Bonchev–Trinajstić information content (AvgIpc) is 2.43. The molecule has 0 unspecified atom stereocenters. The molecule has 1 aromatic rings. The van der Waals surface area contributed by atoms with Gasteiger partial charge < -0.3 is 9.47 Å². The van der Waals surface area contributed by atoms with E-state index >= 15 is 0 Å². The van der Waals surface area contributed by atoms with E-state index in [1.54, 1.807) is 0 Å². The van der Waals surface area contributed by atoms with Crippen molar-refractivity contribution in [1.29, 1.82) is 0 Å². The lowest BCUT2D eigenvalue weighted by atomic mass is 10.2. The first-order valence-electron chi connectivity index (χ1n) is 7.77. The topological polar surface area (TPSA) is 21.7 Å². The summed E-state index contributed by atoms with van der Waals surface area (Å²) in [4.78, 5) is 2.48. The monoisotopic (exact) mass is 277 g/mol. The highest BCUT2D eigenvalue weighted by Crippen LogP contribution is 2.14. The van der Waals surface area contributed by atoms with Gasteiger partial charge in [0.15, 0.2) is 0 Å². The summed E-state index contributed by atoms with van der Waals surface area (Å²) in [5, 5.41) is 0. The highest BCUT2D eigenvalue weighted by molar-refractivity contribution is 5.28. The fourth-order valence-electron chi connectivity index (χ4n) is 2.80. The molecule has 1 fully saturated rings. The lowest BCUT2D eigenvalue weighted by Crippen LogP contribution is -2.45. The standard InChI is InChI=1S/C17H27NO2/c1-4-16-7-5-8-17(11-16)19-10-6-9-18-12-14(2)20-15(3)13-18/h5,7-8,11,14-15H,4,6,9-10,12-13H2,1-3H3/t14-,15+. The van der Waals surface area contributed by atoms with Gasteiger partial charge in [0.2, 0.25) is 0 Å². The smallest absolute Gasteiger partial charge is 0.119 e. The Bertz CT molecular complexity index is 398. The van der Waals surface area contributed by atoms with Crippen molar-refractivity contribution in [3.63, 3.8) is 0 Å². The van der Waals surface area contributed by atoms with Crippen LogP contribution in [0.3, 0.4) is 0 Å². The van der Waals surface area contributed by atoms with Crippen LogP contribution < -0.4 is 4.74 Å². The van der Waals surface area contributed by atoms with E-state index in [4.69, 9.17) is 9.47 Å². The number of benzene rings is 1. The summed E-state index contributed by atoms with van der Waals surface area (Å²) < 4.78 is 11.6. The van der Waals surface area contributed by atoms with Crippen LogP contribution in [0, 0.1) is 0 Å². The van der Waals surface area contributed by atoms with Crippen LogP contribution in [0.15, 0.2) is 24.3 Å². The summed E-state index contributed by atoms with van der Waals surface area (Å²) in [5.41, 5.74) is 1.33. The van der Waals surface area contributed by atoms with E-state index < -0.39 is 0 Å². The summed E-state index contributed by atoms with van der Waals surface area (Å²) >= 11 is 0. The fourth-order valence-corrected chi connectivity index (χ4v) is 2.80. The van der Waals surface area contributed by atoms with Crippen molar-refractivity contribution < 1.29 is 9.47 Å². The Morgan fingerprint density at radius 2 is 2.00 bits per heavy atom. The molecule has 3 heteroatoms. The lowest BCUT2D eigenvalue weighted by Gasteiger charge is -2.35. The third-order valence-corrected chi connectivity index (χ3v) is 3.69. The number of rotatable bonds is 6. The van der Waals surface area contributed by atoms with E-state index in [1.165, 1.54) is 5.56 Å². The Morgan fingerprint density at radius 3 is 2.70 bits per heavy atom. The molecule has 1 aliphatic rings. The van der Waals surface area contributed by atoms with Gasteiger partial charge in [-0.25, -0.2) is 0 Å². The van der Waals surface area contributed by atoms with E-state index in [0.29, 0.717) is 12.2 Å². The minimum Gasteiger partial charge on any atom is -0.494 e. The highest BCUT2D eigenvalue weighted by Gasteiger charge is 2.21. The molecule has 0 amide bonds. The van der Waals surface area contributed by atoms with Crippen LogP contribution in [0.25, 0.3) is 0 Å². The molecule has 0 N–H and O–H groups in total. The van der Waals surface area contributed by atoms with Crippen molar-refractivity contribution in [3.05, 3.63) is 29.8 Å². The first-order valence-corrected chi connectivity index (χ1v) is 7.77. The zero-order valence-electron chi connectivity index (χ0n) is 13.0. The van der Waals surface area contributed by atoms with Gasteiger partial charge in [0.05, 0.1) is 18.8 Å². The summed E-state index contributed by atoms with van der Waals surface area (Å²) in [5.74, 6) is 0.994. The second-order valence-corrected chi connectivity index (χ2v) is 5.72. The second-order valence-electron chi connectivity index (χ2n) is 5.72. The molecular weight excluding hydrogens is 250 g/mol. The Hall–Kier alpha value is -1.06. The molecule has 112 valence electrons. The molecule has 0 spiro atoms. The van der Waals surface area contributed by atoms with Crippen LogP contribution in [0.1, 0.15) is 32.8 Å². The minimum absolute atomic E-state index is 0.348. The van der Waals surface area contributed by atoms with Gasteiger partial charge in [-0.1, -0.05) is 19.1 Å². The summed E-state index contributed by atoms with van der Waals surface area (Å²) in [7, 11) is 0. The fraction of sp³-hybridized carbons (Fsp3) is 0.647. The van der Waals surface area contributed by atoms with Crippen LogP contribution in [0.5, 0.6) is 5.75 Å². The predicted molar refractivity (Wildman–Crippen MR) is 82.4 cm³/mol. The van der Waals surface area contributed by atoms with E-state index in [1.807, 2.05) is 6.07 Å². The van der Waals surface area contributed by atoms with E-state index in [-0.39, 0.29) is 0 Å². The largest absolute Gasteiger partial charge is 0.494 e. The quantitative estimate of drug-likeness (QED) is 0.746. The van der Waals surface area contributed by atoms with Crippen LogP contribution in [-0.4, -0.2) is 43.3 Å². The molecule has 1 aliphatic heterocycles. The summed E-state index contributed by atoms with van der Waals surface area (Å²) in [6.45, 7) is 10.4. The van der Waals surface area contributed by atoms with Crippen molar-refractivity contribution in [1.82, 2.24) is 4.90 Å². The van der Waals surface area contributed by atoms with Gasteiger partial charge in [-0.2, -0.15) is 0 Å². The summed E-state index contributed by atoms with van der Waals surface area (Å²) in [6.07, 6.45) is 2.82. The number of nitrogens with zero attached hydrogens (tertiary/aromatic N) is 1. The van der Waals surface area contributed by atoms with Gasteiger partial charge in [0, 0.05) is 19.6 Å². The molecule has 1 saturated heterocycles. The Kier molecular flexibility index (Phi) is 5.86. The van der Waals surface area contributed by atoms with Crippen LogP contribution in [0.2, 0.25) is 0 Å². The maximum atomic E-state index is 5.84. The number of aryl methyl sites for hydroxylation is 1. The van der Waals surface area contributed by atoms with Crippen LogP contribution >= 0.6 is 0 Å². The van der Waals surface area contributed by atoms with Crippen molar-refractivity contribution in [3.8, 4) is 5.75 Å².